The Morgan fingerprint density at radius 1 is 0.968 bits per heavy atom. The van der Waals surface area contributed by atoms with Crippen LogP contribution in [0.4, 0.5) is 10.5 Å². The highest BCUT2D eigenvalue weighted by molar-refractivity contribution is 9.10. The zero-order chi connectivity index (χ0) is 21.6. The highest BCUT2D eigenvalue weighted by Crippen LogP contribution is 2.55. The Morgan fingerprint density at radius 2 is 1.58 bits per heavy atom. The standard InChI is InChI=1S/C24H24BrClN2O3/c25-17-1-4-19(5-2-17)27-22(29)20-10-18(26)3-6-21(20)31-23(30)28-24-11-14-7-15(12-24)9-16(8-14)13-24/h1-6,10,14-16H,7-9,11-13H2,(H,27,29)(H,28,30). The average molecular weight is 504 g/mol. The zero-order valence-corrected chi connectivity index (χ0v) is 19.3. The fraction of sp³-hybridized carbons (Fsp3) is 0.417. The van der Waals surface area contributed by atoms with Crippen molar-refractivity contribution in [2.45, 2.75) is 44.1 Å². The fourth-order valence-corrected chi connectivity index (χ4v) is 6.54. The molecule has 0 aromatic heterocycles. The second-order valence-electron chi connectivity index (χ2n) is 9.31. The van der Waals surface area contributed by atoms with Crippen LogP contribution in [-0.4, -0.2) is 17.5 Å². The maximum absolute atomic E-state index is 12.9. The van der Waals surface area contributed by atoms with E-state index in [-0.39, 0.29) is 22.8 Å². The van der Waals surface area contributed by atoms with Crippen LogP contribution < -0.4 is 15.4 Å². The minimum atomic E-state index is -0.498. The molecule has 31 heavy (non-hydrogen) atoms. The van der Waals surface area contributed by atoms with Gasteiger partial charge in [0.05, 0.1) is 5.56 Å². The minimum Gasteiger partial charge on any atom is -0.409 e. The van der Waals surface area contributed by atoms with E-state index in [9.17, 15) is 9.59 Å². The van der Waals surface area contributed by atoms with E-state index in [1.807, 2.05) is 12.1 Å². The number of ether oxygens (including phenoxy) is 1. The van der Waals surface area contributed by atoms with Gasteiger partial charge >= 0.3 is 6.09 Å². The van der Waals surface area contributed by atoms with Crippen LogP contribution in [0.25, 0.3) is 0 Å². The third-order valence-electron chi connectivity index (χ3n) is 6.90. The van der Waals surface area contributed by atoms with Crippen LogP contribution in [0.2, 0.25) is 5.02 Å². The van der Waals surface area contributed by atoms with Gasteiger partial charge in [0.2, 0.25) is 0 Å². The van der Waals surface area contributed by atoms with Gasteiger partial charge in [0.1, 0.15) is 5.75 Å². The molecule has 4 aliphatic carbocycles. The lowest BCUT2D eigenvalue weighted by Gasteiger charge is -2.56. The lowest BCUT2D eigenvalue weighted by atomic mass is 9.53. The highest BCUT2D eigenvalue weighted by atomic mass is 79.9. The molecule has 2 aromatic carbocycles. The Bertz CT molecular complexity index is 989. The van der Waals surface area contributed by atoms with Crippen LogP contribution in [-0.2, 0) is 0 Å². The predicted molar refractivity (Wildman–Crippen MR) is 124 cm³/mol. The molecule has 0 saturated heterocycles. The third kappa shape index (κ3) is 4.46. The number of carbonyl (C=O) groups is 2. The first kappa shape index (κ1) is 20.8. The number of carbonyl (C=O) groups excluding carboxylic acids is 2. The predicted octanol–water partition coefficient (Wildman–Crippen LogP) is 6.41. The summed E-state index contributed by atoms with van der Waals surface area (Å²) in [7, 11) is 0. The maximum atomic E-state index is 12.9. The molecule has 0 radical (unpaired) electrons. The molecule has 5 nitrogen and oxygen atoms in total. The number of halogens is 2. The second-order valence-corrected chi connectivity index (χ2v) is 10.7. The first-order valence-electron chi connectivity index (χ1n) is 10.7. The molecule has 162 valence electrons. The lowest BCUT2D eigenvalue weighted by Crippen LogP contribution is -2.60. The van der Waals surface area contributed by atoms with Gasteiger partial charge in [0.15, 0.2) is 0 Å². The van der Waals surface area contributed by atoms with Crippen LogP contribution in [0.1, 0.15) is 48.9 Å². The van der Waals surface area contributed by atoms with Gasteiger partial charge in [-0.25, -0.2) is 4.79 Å². The molecular formula is C24H24BrClN2O3. The summed E-state index contributed by atoms with van der Waals surface area (Å²) in [6, 6.07) is 11.9. The van der Waals surface area contributed by atoms with Crippen molar-refractivity contribution in [2.24, 2.45) is 17.8 Å². The summed E-state index contributed by atoms with van der Waals surface area (Å²) in [5.74, 6) is 1.96. The van der Waals surface area contributed by atoms with Gasteiger partial charge in [-0.3, -0.25) is 4.79 Å². The van der Waals surface area contributed by atoms with Crippen molar-refractivity contribution >= 4 is 45.2 Å². The molecule has 4 saturated carbocycles. The molecule has 4 aliphatic rings. The molecule has 4 bridgehead atoms. The van der Waals surface area contributed by atoms with Gasteiger partial charge in [-0.1, -0.05) is 27.5 Å². The Labute approximate surface area is 195 Å². The fourth-order valence-electron chi connectivity index (χ4n) is 6.11. The molecule has 2 amide bonds. The molecule has 0 aliphatic heterocycles. The van der Waals surface area contributed by atoms with E-state index < -0.39 is 6.09 Å². The quantitative estimate of drug-likeness (QED) is 0.506. The lowest BCUT2D eigenvalue weighted by molar-refractivity contribution is -0.0161. The Balaban J connectivity index is 1.31. The van der Waals surface area contributed by atoms with Gasteiger partial charge in [0.25, 0.3) is 5.91 Å². The van der Waals surface area contributed by atoms with Crippen molar-refractivity contribution in [1.82, 2.24) is 5.32 Å². The smallest absolute Gasteiger partial charge is 0.409 e. The molecule has 2 aromatic rings. The molecular weight excluding hydrogens is 480 g/mol. The van der Waals surface area contributed by atoms with Gasteiger partial charge in [0, 0.05) is 20.7 Å². The van der Waals surface area contributed by atoms with E-state index in [4.69, 9.17) is 16.3 Å². The van der Waals surface area contributed by atoms with Gasteiger partial charge in [-0.2, -0.15) is 0 Å². The van der Waals surface area contributed by atoms with E-state index in [0.29, 0.717) is 28.5 Å². The molecule has 4 fully saturated rings. The number of rotatable bonds is 4. The number of amides is 2. The van der Waals surface area contributed by atoms with E-state index in [1.165, 1.54) is 25.3 Å². The SMILES string of the molecule is O=C(NC12CC3CC(CC(C3)C1)C2)Oc1ccc(Cl)cc1C(=O)Nc1ccc(Br)cc1. The van der Waals surface area contributed by atoms with Crippen LogP contribution in [0.5, 0.6) is 5.75 Å². The highest BCUT2D eigenvalue weighted by Gasteiger charge is 2.51. The van der Waals surface area contributed by atoms with E-state index in [1.54, 1.807) is 24.3 Å². The second kappa shape index (κ2) is 8.14. The van der Waals surface area contributed by atoms with Crippen molar-refractivity contribution in [3.05, 3.63) is 57.5 Å². The average Bonchev–Trinajstić information content (AvgIpc) is 2.69. The summed E-state index contributed by atoms with van der Waals surface area (Å²) in [6.07, 6.45) is 6.50. The summed E-state index contributed by atoms with van der Waals surface area (Å²) in [6.45, 7) is 0. The van der Waals surface area contributed by atoms with Crippen LogP contribution in [0.3, 0.4) is 0 Å². The molecule has 0 heterocycles. The first-order chi connectivity index (χ1) is 14.9. The maximum Gasteiger partial charge on any atom is 0.413 e. The van der Waals surface area contributed by atoms with Gasteiger partial charge < -0.3 is 15.4 Å². The van der Waals surface area contributed by atoms with Crippen molar-refractivity contribution < 1.29 is 14.3 Å². The molecule has 2 N–H and O–H groups in total. The van der Waals surface area contributed by atoms with Crippen LogP contribution in [0, 0.1) is 17.8 Å². The summed E-state index contributed by atoms with van der Waals surface area (Å²) < 4.78 is 6.56. The van der Waals surface area contributed by atoms with Crippen LogP contribution in [0.15, 0.2) is 46.9 Å². The number of anilines is 1. The largest absolute Gasteiger partial charge is 0.413 e. The summed E-state index contributed by atoms with van der Waals surface area (Å²) in [5, 5.41) is 6.40. The Hall–Kier alpha value is -2.05. The van der Waals surface area contributed by atoms with Crippen molar-refractivity contribution in [2.75, 3.05) is 5.32 Å². The van der Waals surface area contributed by atoms with Crippen LogP contribution >= 0.6 is 27.5 Å². The zero-order valence-electron chi connectivity index (χ0n) is 17.0. The van der Waals surface area contributed by atoms with E-state index >= 15 is 0 Å². The van der Waals surface area contributed by atoms with Crippen molar-refractivity contribution in [1.29, 1.82) is 0 Å². The van der Waals surface area contributed by atoms with Gasteiger partial charge in [-0.15, -0.1) is 0 Å². The number of benzene rings is 2. The first-order valence-corrected chi connectivity index (χ1v) is 11.9. The number of nitrogens with one attached hydrogen (secondary N) is 2. The molecule has 0 atom stereocenters. The number of hydrogen-bond acceptors (Lipinski definition) is 3. The minimum absolute atomic E-state index is 0.155. The Kier molecular flexibility index (Phi) is 5.47. The van der Waals surface area contributed by atoms with Crippen molar-refractivity contribution in [3.63, 3.8) is 0 Å². The summed E-state index contributed by atoms with van der Waals surface area (Å²) >= 11 is 9.50. The van der Waals surface area contributed by atoms with E-state index in [2.05, 4.69) is 26.6 Å². The molecule has 6 rings (SSSR count). The monoisotopic (exact) mass is 502 g/mol. The molecule has 0 spiro atoms. The summed E-state index contributed by atoms with van der Waals surface area (Å²) in [5.41, 5.74) is 0.700. The third-order valence-corrected chi connectivity index (χ3v) is 7.66. The molecule has 0 unspecified atom stereocenters. The molecule has 7 heteroatoms. The summed E-state index contributed by atoms with van der Waals surface area (Å²) in [4.78, 5) is 25.7. The number of hydrogen-bond donors (Lipinski definition) is 2. The Morgan fingerprint density at radius 3 is 2.19 bits per heavy atom. The normalized spacial score (nSPS) is 28.3. The van der Waals surface area contributed by atoms with Gasteiger partial charge in [-0.05, 0) is 98.7 Å². The van der Waals surface area contributed by atoms with E-state index in [0.717, 1.165) is 23.7 Å². The van der Waals surface area contributed by atoms with Crippen molar-refractivity contribution in [3.8, 4) is 5.75 Å². The topological polar surface area (TPSA) is 67.4 Å².